The van der Waals surface area contributed by atoms with Crippen molar-refractivity contribution in [1.29, 1.82) is 0 Å². The van der Waals surface area contributed by atoms with Crippen molar-refractivity contribution in [2.75, 3.05) is 25.0 Å². The van der Waals surface area contributed by atoms with Crippen LogP contribution in [0, 0.1) is 5.92 Å². The Morgan fingerprint density at radius 2 is 1.80 bits per heavy atom. The van der Waals surface area contributed by atoms with Gasteiger partial charge in [-0.3, -0.25) is 4.99 Å². The van der Waals surface area contributed by atoms with E-state index in [0.29, 0.717) is 21.8 Å². The van der Waals surface area contributed by atoms with E-state index in [2.05, 4.69) is 33.2 Å². The fourth-order valence-corrected chi connectivity index (χ4v) is 5.77. The van der Waals surface area contributed by atoms with E-state index in [9.17, 15) is 0 Å². The van der Waals surface area contributed by atoms with Gasteiger partial charge >= 0.3 is 0 Å². The number of halogens is 2. The van der Waals surface area contributed by atoms with Crippen LogP contribution in [-0.4, -0.2) is 31.1 Å². The molecular formula is C28H32Cl2N4O. The minimum Gasteiger partial charge on any atom is -0.384 e. The molecule has 0 bridgehead atoms. The zero-order valence-electron chi connectivity index (χ0n) is 20.1. The Morgan fingerprint density at radius 3 is 2.49 bits per heavy atom. The van der Waals surface area contributed by atoms with Gasteiger partial charge in [-0.05, 0) is 75.1 Å². The minimum atomic E-state index is 0.498. The van der Waals surface area contributed by atoms with Crippen molar-refractivity contribution < 1.29 is 4.52 Å². The fraction of sp³-hybridized carbons (Fsp3) is 0.429. The molecule has 35 heavy (non-hydrogen) atoms. The van der Waals surface area contributed by atoms with E-state index in [1.807, 2.05) is 24.3 Å². The van der Waals surface area contributed by atoms with Crippen LogP contribution in [0.15, 0.2) is 52.0 Å². The third-order valence-electron chi connectivity index (χ3n) is 7.37. The maximum Gasteiger partial charge on any atom is 0.143 e. The van der Waals surface area contributed by atoms with Gasteiger partial charge in [-0.1, -0.05) is 46.6 Å². The van der Waals surface area contributed by atoms with Gasteiger partial charge in [-0.25, -0.2) is 0 Å². The third kappa shape index (κ3) is 5.36. The van der Waals surface area contributed by atoms with Crippen LogP contribution in [0.3, 0.4) is 0 Å². The first-order chi connectivity index (χ1) is 17.0. The molecule has 5 rings (SSSR count). The summed E-state index contributed by atoms with van der Waals surface area (Å²) in [6.07, 6.45) is 8.01. The van der Waals surface area contributed by atoms with Crippen molar-refractivity contribution in [2.24, 2.45) is 16.6 Å². The van der Waals surface area contributed by atoms with Gasteiger partial charge in [0.15, 0.2) is 0 Å². The van der Waals surface area contributed by atoms with Gasteiger partial charge in [-0.2, -0.15) is 0 Å². The standard InChI is InChI=1S/C28H32Cl2N4O/c1-32-28(31)20-6-3-7-21(17-20)34-15-13-18(14-16-34)5-2-8-22-26(33-35-27(22)19-11-12-19)25-23(29)9-4-10-24(25)30/h3-4,6-7,9-10,17-19H,2,5,8,11-16H2,1H3,(H2,31,32). The van der Waals surface area contributed by atoms with E-state index < -0.39 is 0 Å². The van der Waals surface area contributed by atoms with Crippen LogP contribution in [0.25, 0.3) is 11.3 Å². The summed E-state index contributed by atoms with van der Waals surface area (Å²) in [5, 5.41) is 5.68. The maximum absolute atomic E-state index is 6.51. The maximum atomic E-state index is 6.51. The van der Waals surface area contributed by atoms with Crippen molar-refractivity contribution in [3.8, 4) is 11.3 Å². The average Bonchev–Trinajstić information content (AvgIpc) is 3.65. The van der Waals surface area contributed by atoms with Crippen LogP contribution in [0.2, 0.25) is 10.0 Å². The highest BCUT2D eigenvalue weighted by atomic mass is 35.5. The van der Waals surface area contributed by atoms with Crippen molar-refractivity contribution >= 4 is 34.7 Å². The Labute approximate surface area is 217 Å². The van der Waals surface area contributed by atoms with E-state index in [4.69, 9.17) is 33.5 Å². The Morgan fingerprint density at radius 1 is 1.09 bits per heavy atom. The number of piperidine rings is 1. The minimum absolute atomic E-state index is 0.498. The van der Waals surface area contributed by atoms with Gasteiger partial charge in [-0.15, -0.1) is 0 Å². The molecule has 3 aromatic rings. The number of nitrogens with zero attached hydrogens (tertiary/aromatic N) is 3. The molecule has 184 valence electrons. The summed E-state index contributed by atoms with van der Waals surface area (Å²) in [4.78, 5) is 6.58. The van der Waals surface area contributed by atoms with Crippen LogP contribution in [-0.2, 0) is 6.42 Å². The molecule has 0 amide bonds. The van der Waals surface area contributed by atoms with Gasteiger partial charge in [0.1, 0.15) is 17.3 Å². The largest absolute Gasteiger partial charge is 0.384 e. The number of hydrogen-bond acceptors (Lipinski definition) is 4. The monoisotopic (exact) mass is 510 g/mol. The Bertz CT molecular complexity index is 1190. The zero-order chi connectivity index (χ0) is 24.4. The summed E-state index contributed by atoms with van der Waals surface area (Å²) >= 11 is 13.0. The van der Waals surface area contributed by atoms with Gasteiger partial charge in [0.25, 0.3) is 0 Å². The van der Waals surface area contributed by atoms with Gasteiger partial charge in [0, 0.05) is 48.4 Å². The lowest BCUT2D eigenvalue weighted by Crippen LogP contribution is -2.33. The molecule has 2 fully saturated rings. The Kier molecular flexibility index (Phi) is 7.35. The van der Waals surface area contributed by atoms with E-state index in [0.717, 1.165) is 54.4 Å². The summed E-state index contributed by atoms with van der Waals surface area (Å²) < 4.78 is 5.83. The first-order valence-corrected chi connectivity index (χ1v) is 13.3. The fourth-order valence-electron chi connectivity index (χ4n) is 5.19. The first kappa shape index (κ1) is 24.2. The molecule has 1 saturated heterocycles. The van der Waals surface area contributed by atoms with E-state index >= 15 is 0 Å². The molecule has 2 aromatic carbocycles. The summed E-state index contributed by atoms with van der Waals surface area (Å²) in [7, 11) is 1.73. The van der Waals surface area contributed by atoms with Gasteiger partial charge in [0.05, 0.1) is 10.0 Å². The van der Waals surface area contributed by atoms with Crippen molar-refractivity contribution in [3.05, 3.63) is 69.4 Å². The van der Waals surface area contributed by atoms with Gasteiger partial charge < -0.3 is 15.2 Å². The van der Waals surface area contributed by atoms with Crippen LogP contribution in [0.4, 0.5) is 5.69 Å². The lowest BCUT2D eigenvalue weighted by Gasteiger charge is -2.34. The highest BCUT2D eigenvalue weighted by molar-refractivity contribution is 6.39. The predicted molar refractivity (Wildman–Crippen MR) is 145 cm³/mol. The summed E-state index contributed by atoms with van der Waals surface area (Å²) in [5.74, 6) is 2.85. The highest BCUT2D eigenvalue weighted by Crippen LogP contribution is 2.46. The zero-order valence-corrected chi connectivity index (χ0v) is 21.7. The second-order valence-electron chi connectivity index (χ2n) is 9.73. The molecule has 2 N–H and O–H groups in total. The molecule has 0 radical (unpaired) electrons. The third-order valence-corrected chi connectivity index (χ3v) is 8.00. The lowest BCUT2D eigenvalue weighted by atomic mass is 9.89. The molecule has 0 unspecified atom stereocenters. The molecule has 1 saturated carbocycles. The smallest absolute Gasteiger partial charge is 0.143 e. The Hall–Kier alpha value is -2.50. The summed E-state index contributed by atoms with van der Waals surface area (Å²) in [6.45, 7) is 2.14. The molecule has 1 aliphatic heterocycles. The number of hydrogen-bond donors (Lipinski definition) is 1. The molecule has 1 aliphatic carbocycles. The summed E-state index contributed by atoms with van der Waals surface area (Å²) in [6, 6.07) is 14.0. The van der Waals surface area contributed by atoms with Crippen LogP contribution < -0.4 is 10.6 Å². The van der Waals surface area contributed by atoms with Crippen LogP contribution >= 0.6 is 23.2 Å². The number of rotatable bonds is 8. The van der Waals surface area contributed by atoms with E-state index in [-0.39, 0.29) is 0 Å². The number of anilines is 1. The van der Waals surface area contributed by atoms with E-state index in [1.165, 1.54) is 43.4 Å². The number of aromatic nitrogens is 1. The lowest BCUT2D eigenvalue weighted by molar-refractivity contribution is 0.370. The predicted octanol–water partition coefficient (Wildman–Crippen LogP) is 7.10. The topological polar surface area (TPSA) is 67.7 Å². The van der Waals surface area contributed by atoms with Gasteiger partial charge in [0.2, 0.25) is 0 Å². The van der Waals surface area contributed by atoms with E-state index in [1.54, 1.807) is 7.05 Å². The Balaban J connectivity index is 1.21. The summed E-state index contributed by atoms with van der Waals surface area (Å²) in [5.41, 5.74) is 11.1. The molecule has 1 aromatic heterocycles. The number of nitrogens with two attached hydrogens (primary N) is 1. The van der Waals surface area contributed by atoms with Crippen LogP contribution in [0.5, 0.6) is 0 Å². The highest BCUT2D eigenvalue weighted by Gasteiger charge is 2.33. The average molecular weight is 511 g/mol. The molecular weight excluding hydrogens is 479 g/mol. The second kappa shape index (κ2) is 10.6. The first-order valence-electron chi connectivity index (χ1n) is 12.6. The molecule has 0 atom stereocenters. The second-order valence-corrected chi connectivity index (χ2v) is 10.5. The molecule has 7 heteroatoms. The quantitative estimate of drug-likeness (QED) is 0.259. The van der Waals surface area contributed by atoms with Crippen LogP contribution in [0.1, 0.15) is 61.3 Å². The van der Waals surface area contributed by atoms with Crippen molar-refractivity contribution in [1.82, 2.24) is 5.16 Å². The molecule has 0 spiro atoms. The normalized spacial score (nSPS) is 17.2. The number of aliphatic imine (C=N–C) groups is 1. The SMILES string of the molecule is CN=C(N)c1cccc(N2CCC(CCCc3c(-c4c(Cl)cccc4Cl)noc3C3CC3)CC2)c1. The molecule has 5 nitrogen and oxygen atoms in total. The number of amidine groups is 1. The molecule has 2 aliphatic rings. The van der Waals surface area contributed by atoms with Crippen molar-refractivity contribution in [2.45, 2.75) is 50.9 Å². The molecule has 2 heterocycles. The number of benzene rings is 2. The van der Waals surface area contributed by atoms with Crippen molar-refractivity contribution in [3.63, 3.8) is 0 Å².